The molecular weight excluding hydrogens is 517 g/mol. The van der Waals surface area contributed by atoms with Crippen molar-refractivity contribution in [2.45, 2.75) is 13.3 Å². The number of benzene rings is 2. The molecule has 0 spiro atoms. The summed E-state index contributed by atoms with van der Waals surface area (Å²) in [6, 6.07) is 8.11. The summed E-state index contributed by atoms with van der Waals surface area (Å²) in [4.78, 5) is 21.5. The van der Waals surface area contributed by atoms with Crippen molar-refractivity contribution in [1.29, 1.82) is 0 Å². The van der Waals surface area contributed by atoms with Crippen molar-refractivity contribution in [3.8, 4) is 5.75 Å². The van der Waals surface area contributed by atoms with E-state index in [9.17, 15) is 9.18 Å². The van der Waals surface area contributed by atoms with E-state index in [1.807, 2.05) is 38.1 Å². The molecule has 2 aromatic rings. The third-order valence-corrected chi connectivity index (χ3v) is 7.53. The van der Waals surface area contributed by atoms with Crippen LogP contribution in [0.4, 0.5) is 15.8 Å². The number of aryl methyl sites for hydroxylation is 1. The SMILES string of the molecule is C=C/N=C(/Nc1ccc(F)c(Cl)c1)c1cc(NC(=O)/C=C/CN(C)C)c(OCCC2C3CN(C)CC23)cc1C. The molecule has 0 bridgehead atoms. The van der Waals surface area contributed by atoms with E-state index in [2.05, 4.69) is 34.2 Å². The van der Waals surface area contributed by atoms with Crippen molar-refractivity contribution in [3.63, 3.8) is 0 Å². The van der Waals surface area contributed by atoms with Crippen LogP contribution in [0.25, 0.3) is 0 Å². The quantitative estimate of drug-likeness (QED) is 0.221. The van der Waals surface area contributed by atoms with Gasteiger partial charge in [-0.05, 0) is 88.1 Å². The number of hydrogen-bond acceptors (Lipinski definition) is 5. The summed E-state index contributed by atoms with van der Waals surface area (Å²) in [5, 5.41) is 6.17. The maximum absolute atomic E-state index is 13.7. The zero-order valence-corrected chi connectivity index (χ0v) is 23.8. The van der Waals surface area contributed by atoms with Crippen molar-refractivity contribution < 1.29 is 13.9 Å². The highest BCUT2D eigenvalue weighted by Crippen LogP contribution is 2.53. The number of likely N-dealkylation sites (tertiary alicyclic amines) is 1. The molecule has 39 heavy (non-hydrogen) atoms. The first kappa shape index (κ1) is 28.8. The predicted octanol–water partition coefficient (Wildman–Crippen LogP) is 5.42. The molecule has 1 saturated carbocycles. The second-order valence-corrected chi connectivity index (χ2v) is 11.0. The molecule has 9 heteroatoms. The Labute approximate surface area is 235 Å². The molecule has 208 valence electrons. The first-order valence-corrected chi connectivity index (χ1v) is 13.5. The molecule has 7 nitrogen and oxygen atoms in total. The third-order valence-electron chi connectivity index (χ3n) is 7.24. The zero-order valence-electron chi connectivity index (χ0n) is 23.0. The van der Waals surface area contributed by atoms with Gasteiger partial charge in [-0.25, -0.2) is 9.38 Å². The lowest BCUT2D eigenvalue weighted by Crippen LogP contribution is -2.20. The summed E-state index contributed by atoms with van der Waals surface area (Å²) in [6.07, 6.45) is 5.74. The Hall–Kier alpha value is -3.20. The fraction of sp³-hybridized carbons (Fsp3) is 0.400. The van der Waals surface area contributed by atoms with E-state index in [1.165, 1.54) is 37.5 Å². The van der Waals surface area contributed by atoms with Gasteiger partial charge in [0.15, 0.2) is 0 Å². The van der Waals surface area contributed by atoms with E-state index in [1.54, 1.807) is 12.1 Å². The Morgan fingerprint density at radius 2 is 2.00 bits per heavy atom. The van der Waals surface area contributed by atoms with E-state index >= 15 is 0 Å². The predicted molar refractivity (Wildman–Crippen MR) is 157 cm³/mol. The van der Waals surface area contributed by atoms with E-state index < -0.39 is 5.82 Å². The lowest BCUT2D eigenvalue weighted by atomic mass is 10.0. The van der Waals surface area contributed by atoms with Crippen LogP contribution < -0.4 is 15.4 Å². The van der Waals surface area contributed by atoms with E-state index in [0.29, 0.717) is 42.0 Å². The number of likely N-dealkylation sites (N-methyl/N-ethyl adjacent to an activating group) is 1. The third kappa shape index (κ3) is 7.47. The number of carbonyl (C=O) groups excluding carboxylic acids is 1. The molecule has 1 aliphatic heterocycles. The number of rotatable bonds is 11. The summed E-state index contributed by atoms with van der Waals surface area (Å²) < 4.78 is 19.9. The van der Waals surface area contributed by atoms with Gasteiger partial charge in [0, 0.05) is 43.2 Å². The Morgan fingerprint density at radius 3 is 2.67 bits per heavy atom. The van der Waals surface area contributed by atoms with Crippen LogP contribution in [0.5, 0.6) is 5.75 Å². The van der Waals surface area contributed by atoms with Gasteiger partial charge in [-0.3, -0.25) is 4.79 Å². The van der Waals surface area contributed by atoms with Gasteiger partial charge in [0.1, 0.15) is 17.4 Å². The van der Waals surface area contributed by atoms with Crippen molar-refractivity contribution in [3.05, 3.63) is 77.2 Å². The number of nitrogens with one attached hydrogen (secondary N) is 2. The van der Waals surface area contributed by atoms with Gasteiger partial charge in [0.2, 0.25) is 5.91 Å². The number of hydrogen-bond donors (Lipinski definition) is 2. The van der Waals surface area contributed by atoms with Gasteiger partial charge in [-0.1, -0.05) is 24.3 Å². The molecule has 1 saturated heterocycles. The molecule has 0 radical (unpaired) electrons. The number of carbonyl (C=O) groups is 1. The average molecular weight is 554 g/mol. The highest BCUT2D eigenvalue weighted by atomic mass is 35.5. The number of ether oxygens (including phenoxy) is 1. The summed E-state index contributed by atoms with van der Waals surface area (Å²) in [6.45, 7) is 9.25. The minimum Gasteiger partial charge on any atom is -0.491 e. The van der Waals surface area contributed by atoms with E-state index in [-0.39, 0.29) is 10.9 Å². The summed E-state index contributed by atoms with van der Waals surface area (Å²) >= 11 is 5.98. The molecule has 2 atom stereocenters. The summed E-state index contributed by atoms with van der Waals surface area (Å²) in [7, 11) is 6.05. The molecular formula is C30H37ClFN5O2. The lowest BCUT2D eigenvalue weighted by molar-refractivity contribution is -0.111. The van der Waals surface area contributed by atoms with Crippen LogP contribution in [0.2, 0.25) is 5.02 Å². The van der Waals surface area contributed by atoms with E-state index in [0.717, 1.165) is 29.4 Å². The maximum Gasteiger partial charge on any atom is 0.248 e. The van der Waals surface area contributed by atoms with Gasteiger partial charge in [-0.2, -0.15) is 0 Å². The Kier molecular flexibility index (Phi) is 9.43. The van der Waals surface area contributed by atoms with Crippen molar-refractivity contribution >= 4 is 34.7 Å². The highest BCUT2D eigenvalue weighted by Gasteiger charge is 2.53. The molecule has 2 aliphatic rings. The number of amidine groups is 1. The molecule has 4 rings (SSSR count). The topological polar surface area (TPSA) is 69.2 Å². The molecule has 2 aromatic carbocycles. The van der Waals surface area contributed by atoms with E-state index in [4.69, 9.17) is 16.3 Å². The smallest absolute Gasteiger partial charge is 0.248 e. The number of anilines is 2. The zero-order chi connectivity index (χ0) is 28.1. The molecule has 2 fully saturated rings. The van der Waals surface area contributed by atoms with Gasteiger partial charge in [0.25, 0.3) is 0 Å². The molecule has 1 amide bonds. The largest absolute Gasteiger partial charge is 0.491 e. The van der Waals surface area contributed by atoms with Crippen LogP contribution in [0.3, 0.4) is 0 Å². The van der Waals surface area contributed by atoms with Crippen LogP contribution in [0.1, 0.15) is 17.5 Å². The molecule has 0 aromatic heterocycles. The molecule has 1 aliphatic carbocycles. The van der Waals surface area contributed by atoms with Crippen LogP contribution in [0.15, 0.2) is 60.3 Å². The van der Waals surface area contributed by atoms with Gasteiger partial charge in [0.05, 0.1) is 17.3 Å². The Bertz CT molecular complexity index is 1270. The Morgan fingerprint density at radius 1 is 1.26 bits per heavy atom. The van der Waals surface area contributed by atoms with Crippen LogP contribution in [-0.2, 0) is 4.79 Å². The second kappa shape index (κ2) is 12.8. The van der Waals surface area contributed by atoms with Gasteiger partial charge < -0.3 is 25.2 Å². The normalized spacial score (nSPS) is 20.8. The minimum absolute atomic E-state index is 0.00216. The molecule has 1 heterocycles. The van der Waals surface area contributed by atoms with Gasteiger partial charge in [-0.15, -0.1) is 0 Å². The maximum atomic E-state index is 13.7. The van der Waals surface area contributed by atoms with Crippen molar-refractivity contribution in [2.75, 3.05) is 58.0 Å². The first-order chi connectivity index (χ1) is 18.7. The number of halogens is 2. The van der Waals surface area contributed by atoms with Crippen LogP contribution in [0, 0.1) is 30.5 Å². The summed E-state index contributed by atoms with van der Waals surface area (Å²) in [5.41, 5.74) is 2.73. The molecule has 2 N–H and O–H groups in total. The number of aliphatic imine (C=N–C) groups is 1. The lowest BCUT2D eigenvalue weighted by Gasteiger charge is -2.18. The number of amides is 1. The van der Waals surface area contributed by atoms with Crippen molar-refractivity contribution in [1.82, 2.24) is 9.80 Å². The number of piperidine rings is 1. The number of nitrogens with zero attached hydrogens (tertiary/aromatic N) is 3. The first-order valence-electron chi connectivity index (χ1n) is 13.2. The fourth-order valence-electron chi connectivity index (χ4n) is 5.26. The average Bonchev–Trinajstić information content (AvgIpc) is 3.33. The Balaban J connectivity index is 1.56. The number of fused-ring (bicyclic) bond motifs is 1. The fourth-order valence-corrected chi connectivity index (χ4v) is 5.44. The van der Waals surface area contributed by atoms with Gasteiger partial charge >= 0.3 is 0 Å². The summed E-state index contributed by atoms with van der Waals surface area (Å²) in [5.74, 6) is 2.61. The second-order valence-electron chi connectivity index (χ2n) is 10.6. The molecule has 2 unspecified atom stereocenters. The standard InChI is InChI=1S/C30H37ClFN5O2/c1-6-33-30(34-20-9-10-26(32)25(31)15-20)22-16-27(35-29(38)8-7-12-36(3)4)28(14-19(22)2)39-13-11-21-23-17-37(5)18-24(21)23/h6-10,14-16,21,23-24H,1,11-13,17-18H2,2-5H3,(H,33,34)(H,35,38)/b8-7+. The minimum atomic E-state index is -0.503. The highest BCUT2D eigenvalue weighted by molar-refractivity contribution is 6.31. The van der Waals surface area contributed by atoms with Crippen molar-refractivity contribution in [2.24, 2.45) is 22.7 Å². The van der Waals surface area contributed by atoms with Crippen LogP contribution in [-0.4, -0.2) is 68.9 Å². The monoisotopic (exact) mass is 553 g/mol. The van der Waals surface area contributed by atoms with Crippen LogP contribution >= 0.6 is 11.6 Å².